The number of nitrogens with zero attached hydrogens (tertiary/aromatic N) is 1. The van der Waals surface area contributed by atoms with E-state index in [1.54, 1.807) is 0 Å². The van der Waals surface area contributed by atoms with E-state index in [4.69, 9.17) is 18.9 Å². The van der Waals surface area contributed by atoms with E-state index in [9.17, 15) is 19.5 Å². The Morgan fingerprint density at radius 2 is 0.514 bits per heavy atom. The molecule has 0 bridgehead atoms. The first-order chi connectivity index (χ1) is 51.6. The summed E-state index contributed by atoms with van der Waals surface area (Å²) in [4.78, 5) is 37.8. The van der Waals surface area contributed by atoms with E-state index in [2.05, 4.69) is 269 Å². The normalized spacial score (nSPS) is 14.0. The maximum atomic E-state index is 13.0. The maximum Gasteiger partial charge on any atom is 0.361 e. The summed E-state index contributed by atoms with van der Waals surface area (Å²) in [5, 5.41) is 9.78. The SMILES string of the molecule is CC/C=C\C/C=C\C/C=C\C/C=C\C/C=C\C/C=C\C/C=C\C/C=C\C/C=C\C/C=C\C/C=C\C/C=C\CCCCCCC(=O)OC(COC(=O)CCCCCCCCCCCCC/C=C\C/C=C\C/C=C\C/C=C\C/C=C\C/C=C\C/C=C\C/C=C\C/C=C\CC)COC(OCC[N+](C)(C)C)C(=O)O. The molecule has 0 amide bonds. The van der Waals surface area contributed by atoms with Crippen LogP contribution in [0.25, 0.3) is 0 Å². The first-order valence-electron chi connectivity index (χ1n) is 40.8. The number of esters is 2. The van der Waals surface area contributed by atoms with E-state index in [0.29, 0.717) is 17.4 Å². The summed E-state index contributed by atoms with van der Waals surface area (Å²) in [6.07, 6.45) is 131. The third-order valence-corrected chi connectivity index (χ3v) is 16.3. The van der Waals surface area contributed by atoms with E-state index in [1.165, 1.54) is 44.9 Å². The summed E-state index contributed by atoms with van der Waals surface area (Å²) >= 11 is 0. The molecule has 2 atom stereocenters. The number of hydrogen-bond donors (Lipinski definition) is 1. The van der Waals surface area contributed by atoms with Crippen molar-refractivity contribution >= 4 is 17.9 Å². The second-order valence-corrected chi connectivity index (χ2v) is 27.3. The van der Waals surface area contributed by atoms with Gasteiger partial charge in [0, 0.05) is 12.8 Å². The van der Waals surface area contributed by atoms with Crippen molar-refractivity contribution in [1.29, 1.82) is 0 Å². The first-order valence-corrected chi connectivity index (χ1v) is 40.8. The Kier molecular flexibility index (Phi) is 76.9. The average molecular weight is 1440 g/mol. The third kappa shape index (κ3) is 84.0. The summed E-state index contributed by atoms with van der Waals surface area (Å²) in [6, 6.07) is 0. The predicted octanol–water partition coefficient (Wildman–Crippen LogP) is 26.9. The van der Waals surface area contributed by atoms with Gasteiger partial charge in [-0.05, 0) is 173 Å². The minimum Gasteiger partial charge on any atom is -0.477 e. The van der Waals surface area contributed by atoms with Gasteiger partial charge in [0.05, 0.1) is 34.4 Å². The van der Waals surface area contributed by atoms with Crippen molar-refractivity contribution in [2.75, 3.05) is 47.5 Å². The highest BCUT2D eigenvalue weighted by Crippen LogP contribution is 2.15. The molecule has 2 unspecified atom stereocenters. The summed E-state index contributed by atoms with van der Waals surface area (Å²) in [5.41, 5.74) is 0. The van der Waals surface area contributed by atoms with Crippen molar-refractivity contribution in [2.45, 2.75) is 283 Å². The molecular formula is C96H148NO8+. The lowest BCUT2D eigenvalue weighted by Crippen LogP contribution is -2.40. The highest BCUT2D eigenvalue weighted by atomic mass is 16.7. The largest absolute Gasteiger partial charge is 0.477 e. The first kappa shape index (κ1) is 97.8. The standard InChI is InChI=1S/C96H147NO8/c1-6-8-10-12-14-16-18-20-22-24-26-28-30-32-34-36-38-40-42-44-46-47-49-51-53-55-57-59-61-63-65-67-69-71-73-75-77-79-81-83-85-87-94(99)105-92(91-104-96(95(100)101)102-89-88-97(3,4)5)90-103-93(98)86-84-82-80-78-76-74-72-70-68-66-64-62-60-58-56-54-52-50-48-45-43-41-39-37-35-33-31-29-27-25-23-21-19-17-15-13-11-9-7-2/h8-11,14-17,20-23,26-29,32-35,38-41,44-46,48-49,51-52,54-55,57-58,60-61,63,67,69,73,75,92,96H,6-7,12-13,18-19,24-25,30-31,36-37,42-43,47,50,53,56,59,62,64-66,68,70-72,74,76-91H2,1-5H3/p+1/b10-8-,11-9-,16-14-,17-15-,22-20-,23-21-,28-26-,29-27-,34-32-,35-33-,40-38-,41-39-,46-44-,48-45-,51-49-,54-52-,57-55-,60-58-,63-61-,69-67-,75-73-. The van der Waals surface area contributed by atoms with Crippen LogP contribution in [0.2, 0.25) is 0 Å². The lowest BCUT2D eigenvalue weighted by atomic mass is 10.0. The van der Waals surface area contributed by atoms with Gasteiger partial charge in [0.2, 0.25) is 0 Å². The molecule has 0 aliphatic heterocycles. The van der Waals surface area contributed by atoms with Crippen LogP contribution < -0.4 is 0 Å². The number of carboxylic acids is 1. The van der Waals surface area contributed by atoms with Crippen molar-refractivity contribution in [3.05, 3.63) is 255 Å². The van der Waals surface area contributed by atoms with E-state index in [-0.39, 0.29) is 38.6 Å². The van der Waals surface area contributed by atoms with Gasteiger partial charge >= 0.3 is 17.9 Å². The molecule has 584 valence electrons. The second kappa shape index (κ2) is 82.5. The van der Waals surface area contributed by atoms with Gasteiger partial charge in [0.25, 0.3) is 6.29 Å². The number of likely N-dealkylation sites (N-methyl/N-ethyl adjacent to an activating group) is 1. The highest BCUT2D eigenvalue weighted by molar-refractivity contribution is 5.71. The number of carbonyl (C=O) groups is 3. The zero-order valence-electron chi connectivity index (χ0n) is 66.8. The molecule has 105 heavy (non-hydrogen) atoms. The molecule has 0 heterocycles. The molecule has 0 aliphatic carbocycles. The van der Waals surface area contributed by atoms with Crippen LogP contribution in [0.5, 0.6) is 0 Å². The summed E-state index contributed by atoms with van der Waals surface area (Å²) in [7, 11) is 5.95. The molecule has 0 aromatic rings. The van der Waals surface area contributed by atoms with Crippen molar-refractivity contribution in [2.24, 2.45) is 0 Å². The number of rotatable bonds is 72. The molecule has 9 nitrogen and oxygen atoms in total. The summed E-state index contributed by atoms with van der Waals surface area (Å²) in [5.74, 6) is -2.07. The van der Waals surface area contributed by atoms with Crippen LogP contribution in [0.1, 0.15) is 271 Å². The molecular weight excluding hydrogens is 1300 g/mol. The molecule has 0 saturated carbocycles. The number of aliphatic carboxylic acids is 1. The van der Waals surface area contributed by atoms with E-state index < -0.39 is 24.3 Å². The van der Waals surface area contributed by atoms with Crippen LogP contribution in [-0.2, 0) is 33.3 Å². The smallest absolute Gasteiger partial charge is 0.361 e. The van der Waals surface area contributed by atoms with Crippen LogP contribution in [0.3, 0.4) is 0 Å². The molecule has 0 aliphatic rings. The number of ether oxygens (including phenoxy) is 4. The monoisotopic (exact) mass is 1440 g/mol. The van der Waals surface area contributed by atoms with Gasteiger partial charge in [-0.15, -0.1) is 0 Å². The fraction of sp³-hybridized carbons (Fsp3) is 0.531. The van der Waals surface area contributed by atoms with Gasteiger partial charge in [-0.1, -0.05) is 340 Å². The van der Waals surface area contributed by atoms with Crippen molar-refractivity contribution < 1.29 is 42.9 Å². The molecule has 0 saturated heterocycles. The Hall–Kier alpha value is -7.17. The van der Waals surface area contributed by atoms with Gasteiger partial charge < -0.3 is 28.5 Å². The fourth-order valence-corrected chi connectivity index (χ4v) is 10.2. The Bertz CT molecular complexity index is 2690. The highest BCUT2D eigenvalue weighted by Gasteiger charge is 2.25. The number of unbranched alkanes of at least 4 members (excludes halogenated alkanes) is 15. The number of allylic oxidation sites excluding steroid dienone is 42. The quantitative estimate of drug-likeness (QED) is 0.0211. The van der Waals surface area contributed by atoms with Gasteiger partial charge in [-0.3, -0.25) is 9.59 Å². The Balaban J connectivity index is 4.21. The fourth-order valence-electron chi connectivity index (χ4n) is 10.2. The van der Waals surface area contributed by atoms with Crippen molar-refractivity contribution in [3.63, 3.8) is 0 Å². The summed E-state index contributed by atoms with van der Waals surface area (Å²) in [6.45, 7) is 4.59. The van der Waals surface area contributed by atoms with Crippen molar-refractivity contribution in [1.82, 2.24) is 0 Å². The zero-order chi connectivity index (χ0) is 76.0. The summed E-state index contributed by atoms with van der Waals surface area (Å²) < 4.78 is 23.0. The second-order valence-electron chi connectivity index (χ2n) is 27.3. The lowest BCUT2D eigenvalue weighted by molar-refractivity contribution is -0.870. The van der Waals surface area contributed by atoms with E-state index in [1.807, 2.05) is 21.1 Å². The van der Waals surface area contributed by atoms with Crippen LogP contribution in [0, 0.1) is 0 Å². The minimum absolute atomic E-state index is 0.169. The predicted molar refractivity (Wildman–Crippen MR) is 455 cm³/mol. The molecule has 9 heteroatoms. The number of hydrogen-bond acceptors (Lipinski definition) is 7. The topological polar surface area (TPSA) is 108 Å². The van der Waals surface area contributed by atoms with Crippen LogP contribution in [0.4, 0.5) is 0 Å². The average Bonchev–Trinajstić information content (AvgIpc) is 1.18. The Labute approximate surface area is 643 Å². The molecule has 0 fully saturated rings. The lowest BCUT2D eigenvalue weighted by Gasteiger charge is -2.25. The minimum atomic E-state index is -1.54. The van der Waals surface area contributed by atoms with Gasteiger partial charge in [0.1, 0.15) is 13.2 Å². The number of carbonyl (C=O) groups excluding carboxylic acids is 2. The van der Waals surface area contributed by atoms with E-state index >= 15 is 0 Å². The van der Waals surface area contributed by atoms with Crippen LogP contribution >= 0.6 is 0 Å². The van der Waals surface area contributed by atoms with Gasteiger partial charge in [0.15, 0.2) is 6.10 Å². The number of carboxylic acid groups (broad SMARTS) is 1. The molecule has 0 radical (unpaired) electrons. The van der Waals surface area contributed by atoms with E-state index in [0.717, 1.165) is 193 Å². The van der Waals surface area contributed by atoms with Gasteiger partial charge in [-0.2, -0.15) is 0 Å². The van der Waals surface area contributed by atoms with Crippen LogP contribution in [0.15, 0.2) is 255 Å². The maximum absolute atomic E-state index is 13.0. The Morgan fingerprint density at radius 3 is 0.762 bits per heavy atom. The molecule has 1 N–H and O–H groups in total. The van der Waals surface area contributed by atoms with Crippen molar-refractivity contribution in [3.8, 4) is 0 Å². The molecule has 0 aromatic heterocycles. The molecule has 0 spiro atoms. The van der Waals surface area contributed by atoms with Gasteiger partial charge in [-0.25, -0.2) is 4.79 Å². The zero-order valence-corrected chi connectivity index (χ0v) is 66.8. The molecule has 0 rings (SSSR count). The number of quaternary nitrogens is 1. The Morgan fingerprint density at radius 1 is 0.286 bits per heavy atom. The third-order valence-electron chi connectivity index (χ3n) is 16.3. The molecule has 0 aromatic carbocycles. The van der Waals surface area contributed by atoms with Crippen LogP contribution in [-0.4, -0.2) is 87.4 Å².